The fourth-order valence-electron chi connectivity index (χ4n) is 4.33. The van der Waals surface area contributed by atoms with Crippen LogP contribution in [0.5, 0.6) is 0 Å². The van der Waals surface area contributed by atoms with Crippen LogP contribution in [0.4, 0.5) is 9.59 Å². The number of nitrogens with zero attached hydrogens (tertiary/aromatic N) is 2. The van der Waals surface area contributed by atoms with Crippen LogP contribution < -0.4 is 0 Å². The van der Waals surface area contributed by atoms with Gasteiger partial charge in [-0.1, -0.05) is 61.3 Å². The number of carbonyl (C=O) groups is 3. The maximum Gasteiger partial charge on any atom is 0.410 e. The number of rotatable bonds is 7. The van der Waals surface area contributed by atoms with Crippen molar-refractivity contribution in [2.75, 3.05) is 26.3 Å². The first-order chi connectivity index (χ1) is 15.4. The molecule has 0 spiro atoms. The van der Waals surface area contributed by atoms with E-state index in [0.717, 1.165) is 24.0 Å². The van der Waals surface area contributed by atoms with Crippen LogP contribution in [0.25, 0.3) is 0 Å². The minimum atomic E-state index is -0.405. The lowest BCUT2D eigenvalue weighted by Crippen LogP contribution is -2.32. The highest BCUT2D eigenvalue weighted by atomic mass is 32.2. The molecular formula is C24H30N2O5S. The van der Waals surface area contributed by atoms with E-state index in [9.17, 15) is 14.4 Å². The molecule has 2 aliphatic heterocycles. The summed E-state index contributed by atoms with van der Waals surface area (Å²) in [5.74, 6) is 0. The van der Waals surface area contributed by atoms with Crippen LogP contribution in [0.15, 0.2) is 49.6 Å². The van der Waals surface area contributed by atoms with Gasteiger partial charge in [-0.2, -0.15) is 0 Å². The number of likely N-dealkylation sites (tertiary alicyclic amines) is 2. The van der Waals surface area contributed by atoms with Crippen molar-refractivity contribution in [3.05, 3.63) is 60.7 Å². The van der Waals surface area contributed by atoms with E-state index >= 15 is 0 Å². The summed E-state index contributed by atoms with van der Waals surface area (Å²) in [4.78, 5) is 40.0. The summed E-state index contributed by atoms with van der Waals surface area (Å²) < 4.78 is 10.5. The van der Waals surface area contributed by atoms with Gasteiger partial charge in [0.1, 0.15) is 13.2 Å². The summed E-state index contributed by atoms with van der Waals surface area (Å²) in [7, 11) is 0. The second-order valence-corrected chi connectivity index (χ2v) is 9.36. The number of benzene rings is 1. The Morgan fingerprint density at radius 1 is 1.00 bits per heavy atom. The summed E-state index contributed by atoms with van der Waals surface area (Å²) >= 11 is 1.27. The van der Waals surface area contributed by atoms with Gasteiger partial charge in [-0.25, -0.2) is 9.59 Å². The Morgan fingerprint density at radius 2 is 1.56 bits per heavy atom. The quantitative estimate of drug-likeness (QED) is 0.543. The molecule has 2 amide bonds. The third kappa shape index (κ3) is 5.73. The van der Waals surface area contributed by atoms with Crippen molar-refractivity contribution in [3.8, 4) is 0 Å². The van der Waals surface area contributed by atoms with Crippen LogP contribution in [0.1, 0.15) is 49.4 Å². The predicted octanol–water partition coefficient (Wildman–Crippen LogP) is 4.86. The molecule has 32 heavy (non-hydrogen) atoms. The van der Waals surface area contributed by atoms with Crippen LogP contribution in [0, 0.1) is 0 Å². The Bertz CT molecular complexity index is 856. The fraction of sp³-hybridized carbons (Fsp3) is 0.458. The summed E-state index contributed by atoms with van der Waals surface area (Å²) in [5, 5.41) is 0.0634. The topological polar surface area (TPSA) is 76.2 Å². The number of amides is 2. The highest BCUT2D eigenvalue weighted by molar-refractivity contribution is 8.14. The van der Waals surface area contributed by atoms with E-state index in [1.807, 2.05) is 24.3 Å². The molecule has 1 aromatic carbocycles. The van der Waals surface area contributed by atoms with Gasteiger partial charge in [-0.15, -0.1) is 0 Å². The molecule has 2 fully saturated rings. The number of hydrogen-bond acceptors (Lipinski definition) is 6. The second kappa shape index (κ2) is 11.2. The van der Waals surface area contributed by atoms with Gasteiger partial charge in [0.05, 0.1) is 12.1 Å². The summed E-state index contributed by atoms with van der Waals surface area (Å²) in [5.41, 5.74) is 2.02. The van der Waals surface area contributed by atoms with Crippen molar-refractivity contribution in [3.63, 3.8) is 0 Å². The largest absolute Gasteiger partial charge is 0.445 e. The Hall–Kier alpha value is -2.74. The molecule has 0 radical (unpaired) electrons. The minimum Gasteiger partial charge on any atom is -0.445 e. The molecule has 3 atom stereocenters. The molecule has 2 saturated heterocycles. The maximum absolute atomic E-state index is 12.6. The lowest BCUT2D eigenvalue weighted by Gasteiger charge is -2.26. The minimum absolute atomic E-state index is 0.0263. The molecule has 7 nitrogen and oxygen atoms in total. The average Bonchev–Trinajstić information content (AvgIpc) is 3.43. The van der Waals surface area contributed by atoms with Crippen LogP contribution in [-0.2, 0) is 14.3 Å². The zero-order valence-electron chi connectivity index (χ0n) is 18.4. The Labute approximate surface area is 193 Å². The summed E-state index contributed by atoms with van der Waals surface area (Å²) in [6.45, 7) is 10.2. The highest BCUT2D eigenvalue weighted by Gasteiger charge is 2.38. The lowest BCUT2D eigenvalue weighted by molar-refractivity contribution is -0.109. The van der Waals surface area contributed by atoms with Gasteiger partial charge in [0.15, 0.2) is 5.12 Å². The normalized spacial score (nSPS) is 22.5. The van der Waals surface area contributed by atoms with E-state index in [1.54, 1.807) is 22.8 Å². The molecule has 8 heteroatoms. The fourth-order valence-corrected chi connectivity index (χ4v) is 5.32. The van der Waals surface area contributed by atoms with Crippen molar-refractivity contribution in [1.29, 1.82) is 0 Å². The smallest absolute Gasteiger partial charge is 0.410 e. The Balaban J connectivity index is 1.75. The van der Waals surface area contributed by atoms with Gasteiger partial charge in [0.2, 0.25) is 0 Å². The van der Waals surface area contributed by atoms with E-state index in [0.29, 0.717) is 19.5 Å². The molecule has 0 unspecified atom stereocenters. The van der Waals surface area contributed by atoms with E-state index in [2.05, 4.69) is 13.2 Å². The van der Waals surface area contributed by atoms with Crippen molar-refractivity contribution in [2.24, 2.45) is 0 Å². The zero-order chi connectivity index (χ0) is 23.1. The molecule has 0 aliphatic carbocycles. The summed E-state index contributed by atoms with van der Waals surface area (Å²) in [6, 6.07) is 7.82. The van der Waals surface area contributed by atoms with Crippen molar-refractivity contribution >= 4 is 29.1 Å². The Kier molecular flexibility index (Phi) is 8.39. The van der Waals surface area contributed by atoms with Crippen molar-refractivity contribution in [1.82, 2.24) is 9.80 Å². The van der Waals surface area contributed by atoms with E-state index in [4.69, 9.17) is 9.47 Å². The van der Waals surface area contributed by atoms with Crippen molar-refractivity contribution < 1.29 is 23.9 Å². The number of hydrogen-bond donors (Lipinski definition) is 0. The van der Waals surface area contributed by atoms with E-state index in [-0.39, 0.29) is 41.8 Å². The Morgan fingerprint density at radius 3 is 2.12 bits per heavy atom. The molecule has 1 aromatic rings. The molecular weight excluding hydrogens is 428 g/mol. The zero-order valence-corrected chi connectivity index (χ0v) is 19.2. The van der Waals surface area contributed by atoms with E-state index in [1.165, 1.54) is 17.8 Å². The summed E-state index contributed by atoms with van der Waals surface area (Å²) in [6.07, 6.45) is 4.84. The van der Waals surface area contributed by atoms with Crippen LogP contribution in [0.3, 0.4) is 0 Å². The first-order valence-electron chi connectivity index (χ1n) is 10.8. The van der Waals surface area contributed by atoms with Crippen molar-refractivity contribution in [2.45, 2.75) is 43.5 Å². The average molecular weight is 459 g/mol. The molecule has 0 saturated carbocycles. The SMILES string of the molecule is C=CCOC(=O)N1C[C@@H](SC(C)=O)C[C@@H]1c1ccc([C@@H]2CCCN2C(=O)OCC=C)cc1. The predicted molar refractivity (Wildman–Crippen MR) is 124 cm³/mol. The second-order valence-electron chi connectivity index (χ2n) is 7.88. The number of carbonyl (C=O) groups excluding carboxylic acids is 3. The maximum atomic E-state index is 12.6. The van der Waals surface area contributed by atoms with Crippen LogP contribution in [-0.4, -0.2) is 58.7 Å². The van der Waals surface area contributed by atoms with Gasteiger partial charge in [-0.05, 0) is 30.4 Å². The third-order valence-electron chi connectivity index (χ3n) is 5.67. The third-order valence-corrected chi connectivity index (χ3v) is 6.68. The monoisotopic (exact) mass is 458 g/mol. The van der Waals surface area contributed by atoms with Gasteiger partial charge >= 0.3 is 12.2 Å². The molecule has 0 bridgehead atoms. The molecule has 0 N–H and O–H groups in total. The molecule has 0 aromatic heterocycles. The van der Waals surface area contributed by atoms with Crippen LogP contribution >= 0.6 is 11.8 Å². The van der Waals surface area contributed by atoms with Crippen LogP contribution in [0.2, 0.25) is 0 Å². The number of thioether (sulfide) groups is 1. The number of ether oxygens (including phenoxy) is 2. The molecule has 2 heterocycles. The molecule has 3 rings (SSSR count). The molecule has 2 aliphatic rings. The molecule has 172 valence electrons. The lowest BCUT2D eigenvalue weighted by atomic mass is 9.99. The highest BCUT2D eigenvalue weighted by Crippen LogP contribution is 2.39. The first-order valence-corrected chi connectivity index (χ1v) is 11.7. The van der Waals surface area contributed by atoms with Gasteiger partial charge in [-0.3, -0.25) is 4.79 Å². The van der Waals surface area contributed by atoms with E-state index < -0.39 is 6.09 Å². The first kappa shape index (κ1) is 23.9. The van der Waals surface area contributed by atoms with Gasteiger partial charge in [0.25, 0.3) is 0 Å². The standard InChI is InChI=1S/C24H30N2O5S/c1-4-13-30-23(28)25-12-6-7-21(25)18-8-10-19(11-9-18)22-15-20(32-17(3)27)16-26(22)24(29)31-14-5-2/h4-5,8-11,20-22H,1-2,6-7,12-16H2,3H3/t20-,21-,22+/m0/s1. The van der Waals surface area contributed by atoms with Gasteiger partial charge < -0.3 is 19.3 Å². The van der Waals surface area contributed by atoms with Gasteiger partial charge in [0, 0.05) is 25.3 Å².